The Kier molecular flexibility index (Phi) is 6.12. The number of esters is 1. The van der Waals surface area contributed by atoms with Crippen LogP contribution in [0.1, 0.15) is 43.1 Å². The van der Waals surface area contributed by atoms with E-state index < -0.39 is 23.6 Å². The van der Waals surface area contributed by atoms with Crippen molar-refractivity contribution >= 4 is 23.7 Å². The van der Waals surface area contributed by atoms with Crippen molar-refractivity contribution in [2.24, 2.45) is 0 Å². The van der Waals surface area contributed by atoms with Gasteiger partial charge in [0.15, 0.2) is 0 Å². The van der Waals surface area contributed by atoms with Crippen LogP contribution in [0.2, 0.25) is 0 Å². The standard InChI is InChI=1S/C16H21NO6/c1-16(2,3)23-15(21)17-12-8-10(5-6-13(18)19)7-11(9-12)14(20)22-4/h7-9H,5-6H2,1-4H3,(H,17,21)(H,18,19). The van der Waals surface area contributed by atoms with Crippen molar-refractivity contribution in [1.82, 2.24) is 0 Å². The molecule has 7 heteroatoms. The van der Waals surface area contributed by atoms with Crippen molar-refractivity contribution < 1.29 is 29.0 Å². The molecule has 0 radical (unpaired) electrons. The Morgan fingerprint density at radius 1 is 1.17 bits per heavy atom. The Labute approximate surface area is 134 Å². The van der Waals surface area contributed by atoms with E-state index in [-0.39, 0.29) is 18.4 Å². The third-order valence-corrected chi connectivity index (χ3v) is 2.69. The first-order valence-corrected chi connectivity index (χ1v) is 7.05. The van der Waals surface area contributed by atoms with Crippen LogP contribution in [0.25, 0.3) is 0 Å². The summed E-state index contributed by atoms with van der Waals surface area (Å²) in [6.45, 7) is 5.20. The van der Waals surface area contributed by atoms with Gasteiger partial charge in [0.1, 0.15) is 5.60 Å². The molecule has 0 bridgehead atoms. The van der Waals surface area contributed by atoms with E-state index in [1.807, 2.05) is 0 Å². The minimum absolute atomic E-state index is 0.0868. The number of anilines is 1. The predicted octanol–water partition coefficient (Wildman–Crippen LogP) is 2.84. The van der Waals surface area contributed by atoms with Crippen molar-refractivity contribution in [3.63, 3.8) is 0 Å². The Morgan fingerprint density at radius 2 is 1.83 bits per heavy atom. The zero-order valence-corrected chi connectivity index (χ0v) is 13.6. The van der Waals surface area contributed by atoms with Gasteiger partial charge in [-0.2, -0.15) is 0 Å². The van der Waals surface area contributed by atoms with Gasteiger partial charge >= 0.3 is 18.0 Å². The third-order valence-electron chi connectivity index (χ3n) is 2.69. The summed E-state index contributed by atoms with van der Waals surface area (Å²) in [7, 11) is 1.24. The maximum Gasteiger partial charge on any atom is 0.412 e. The highest BCUT2D eigenvalue weighted by Gasteiger charge is 2.17. The minimum atomic E-state index is -0.949. The van der Waals surface area contributed by atoms with E-state index in [2.05, 4.69) is 10.1 Å². The molecule has 1 rings (SSSR count). The SMILES string of the molecule is COC(=O)c1cc(CCC(=O)O)cc(NC(=O)OC(C)(C)C)c1. The second kappa shape index (κ2) is 7.62. The summed E-state index contributed by atoms with van der Waals surface area (Å²) in [5.41, 5.74) is 0.501. The van der Waals surface area contributed by atoms with Crippen molar-refractivity contribution in [3.8, 4) is 0 Å². The highest BCUT2D eigenvalue weighted by atomic mass is 16.6. The van der Waals surface area contributed by atoms with Gasteiger partial charge in [0, 0.05) is 12.1 Å². The highest BCUT2D eigenvalue weighted by molar-refractivity contribution is 5.93. The number of methoxy groups -OCH3 is 1. The lowest BCUT2D eigenvalue weighted by molar-refractivity contribution is -0.136. The maximum absolute atomic E-state index is 11.8. The largest absolute Gasteiger partial charge is 0.481 e. The molecule has 7 nitrogen and oxygen atoms in total. The van der Waals surface area contributed by atoms with E-state index in [9.17, 15) is 14.4 Å². The van der Waals surface area contributed by atoms with Crippen LogP contribution in [0.3, 0.4) is 0 Å². The lowest BCUT2D eigenvalue weighted by Gasteiger charge is -2.20. The molecule has 0 spiro atoms. The van der Waals surface area contributed by atoms with Gasteiger partial charge in [-0.05, 0) is 51.0 Å². The van der Waals surface area contributed by atoms with E-state index in [0.29, 0.717) is 11.3 Å². The average molecular weight is 323 g/mol. The Morgan fingerprint density at radius 3 is 2.35 bits per heavy atom. The summed E-state index contributed by atoms with van der Waals surface area (Å²) >= 11 is 0. The van der Waals surface area contributed by atoms with Gasteiger partial charge in [-0.25, -0.2) is 9.59 Å². The molecule has 0 aliphatic carbocycles. The van der Waals surface area contributed by atoms with Gasteiger partial charge in [-0.3, -0.25) is 10.1 Å². The van der Waals surface area contributed by atoms with Crippen LogP contribution in [0.5, 0.6) is 0 Å². The van der Waals surface area contributed by atoms with Gasteiger partial charge in [0.05, 0.1) is 12.7 Å². The van der Waals surface area contributed by atoms with E-state index in [1.54, 1.807) is 26.8 Å². The topological polar surface area (TPSA) is 102 Å². The number of carboxylic acid groups (broad SMARTS) is 1. The molecule has 0 atom stereocenters. The second-order valence-electron chi connectivity index (χ2n) is 5.93. The molecule has 1 aromatic rings. The van der Waals surface area contributed by atoms with Crippen LogP contribution in [-0.2, 0) is 20.7 Å². The second-order valence-corrected chi connectivity index (χ2v) is 5.93. The number of carbonyl (C=O) groups is 3. The summed E-state index contributed by atoms with van der Waals surface area (Å²) in [5, 5.41) is 11.3. The van der Waals surface area contributed by atoms with Crippen molar-refractivity contribution in [2.45, 2.75) is 39.2 Å². The fourth-order valence-electron chi connectivity index (χ4n) is 1.82. The first-order valence-electron chi connectivity index (χ1n) is 7.05. The summed E-state index contributed by atoms with van der Waals surface area (Å²) in [4.78, 5) is 34.2. The van der Waals surface area contributed by atoms with E-state index in [1.165, 1.54) is 19.2 Å². The van der Waals surface area contributed by atoms with Crippen LogP contribution in [0.4, 0.5) is 10.5 Å². The molecule has 23 heavy (non-hydrogen) atoms. The zero-order valence-electron chi connectivity index (χ0n) is 13.6. The van der Waals surface area contributed by atoms with Crippen LogP contribution >= 0.6 is 0 Å². The number of rotatable bonds is 5. The van der Waals surface area contributed by atoms with Crippen molar-refractivity contribution in [2.75, 3.05) is 12.4 Å². The van der Waals surface area contributed by atoms with E-state index in [0.717, 1.165) is 0 Å². The molecule has 126 valence electrons. The first-order chi connectivity index (χ1) is 10.6. The Hall–Kier alpha value is -2.57. The third kappa shape index (κ3) is 6.82. The van der Waals surface area contributed by atoms with Crippen LogP contribution in [0.15, 0.2) is 18.2 Å². The van der Waals surface area contributed by atoms with Gasteiger partial charge < -0.3 is 14.6 Å². The highest BCUT2D eigenvalue weighted by Crippen LogP contribution is 2.19. The summed E-state index contributed by atoms with van der Waals surface area (Å²) in [5.74, 6) is -1.52. The van der Waals surface area contributed by atoms with Crippen LogP contribution in [0, 0.1) is 0 Å². The minimum Gasteiger partial charge on any atom is -0.481 e. The van der Waals surface area contributed by atoms with Crippen LogP contribution in [-0.4, -0.2) is 35.8 Å². The number of aliphatic carboxylic acids is 1. The van der Waals surface area contributed by atoms with Gasteiger partial charge in [0.25, 0.3) is 0 Å². The van der Waals surface area contributed by atoms with Crippen LogP contribution < -0.4 is 5.32 Å². The van der Waals surface area contributed by atoms with Crippen molar-refractivity contribution in [1.29, 1.82) is 0 Å². The molecule has 0 heterocycles. The zero-order chi connectivity index (χ0) is 17.6. The lowest BCUT2D eigenvalue weighted by Crippen LogP contribution is -2.27. The number of carboxylic acids is 1. The molecular formula is C16H21NO6. The van der Waals surface area contributed by atoms with Crippen molar-refractivity contribution in [3.05, 3.63) is 29.3 Å². The predicted molar refractivity (Wildman–Crippen MR) is 83.6 cm³/mol. The molecule has 0 aromatic heterocycles. The van der Waals surface area contributed by atoms with Gasteiger partial charge in [-0.1, -0.05) is 0 Å². The number of nitrogens with one attached hydrogen (secondary N) is 1. The Bertz CT molecular complexity index is 603. The normalized spacial score (nSPS) is 10.8. The molecule has 0 unspecified atom stereocenters. The number of aryl methyl sites for hydroxylation is 1. The lowest BCUT2D eigenvalue weighted by atomic mass is 10.0. The number of ether oxygens (including phenoxy) is 2. The number of carbonyl (C=O) groups excluding carboxylic acids is 2. The fraction of sp³-hybridized carbons (Fsp3) is 0.438. The summed E-state index contributed by atoms with van der Waals surface area (Å²) in [6.07, 6.45) is -0.525. The van der Waals surface area contributed by atoms with Gasteiger partial charge in [0.2, 0.25) is 0 Å². The smallest absolute Gasteiger partial charge is 0.412 e. The average Bonchev–Trinajstić information content (AvgIpc) is 2.41. The molecule has 0 fully saturated rings. The molecule has 0 aliphatic heterocycles. The number of amides is 1. The molecule has 1 amide bonds. The number of hydrogen-bond acceptors (Lipinski definition) is 5. The summed E-state index contributed by atoms with van der Waals surface area (Å²) in [6, 6.07) is 4.58. The number of hydrogen-bond donors (Lipinski definition) is 2. The monoisotopic (exact) mass is 323 g/mol. The fourth-order valence-corrected chi connectivity index (χ4v) is 1.82. The van der Waals surface area contributed by atoms with E-state index >= 15 is 0 Å². The molecule has 1 aromatic carbocycles. The quantitative estimate of drug-likeness (QED) is 0.808. The van der Waals surface area contributed by atoms with E-state index in [4.69, 9.17) is 9.84 Å². The first kappa shape index (κ1) is 18.5. The Balaban J connectivity index is 3.00. The summed E-state index contributed by atoms with van der Waals surface area (Å²) < 4.78 is 9.80. The van der Waals surface area contributed by atoms with Gasteiger partial charge in [-0.15, -0.1) is 0 Å². The number of benzene rings is 1. The molecular weight excluding hydrogens is 302 g/mol. The maximum atomic E-state index is 11.8. The molecule has 0 aliphatic rings. The molecule has 0 saturated carbocycles. The molecule has 0 saturated heterocycles. The molecule has 2 N–H and O–H groups in total.